The molecule has 0 aliphatic carbocycles. The summed E-state index contributed by atoms with van der Waals surface area (Å²) in [5.74, 6) is 0. The predicted molar refractivity (Wildman–Crippen MR) is 74.4 cm³/mol. The number of hydrogen-bond donors (Lipinski definition) is 1. The summed E-state index contributed by atoms with van der Waals surface area (Å²) in [6.45, 7) is 0. The molecule has 0 aliphatic heterocycles. The van der Waals surface area contributed by atoms with E-state index in [1.54, 1.807) is 12.1 Å². The van der Waals surface area contributed by atoms with Gasteiger partial charge in [-0.3, -0.25) is 0 Å². The molecule has 96 valence electrons. The van der Waals surface area contributed by atoms with Gasteiger partial charge < -0.3 is 5.32 Å². The first-order chi connectivity index (χ1) is 8.48. The van der Waals surface area contributed by atoms with E-state index in [0.29, 0.717) is 4.90 Å². The molecule has 2 aromatic rings. The van der Waals surface area contributed by atoms with Crippen molar-refractivity contribution in [2.75, 3.05) is 26.5 Å². The van der Waals surface area contributed by atoms with Crippen LogP contribution in [0.25, 0.3) is 10.8 Å². The van der Waals surface area contributed by atoms with Gasteiger partial charge in [-0.15, -0.1) is 0 Å². The van der Waals surface area contributed by atoms with Crippen LogP contribution in [0.4, 0.5) is 5.69 Å². The van der Waals surface area contributed by atoms with Crippen molar-refractivity contribution < 1.29 is 8.42 Å². The number of fused-ring (bicyclic) bond motifs is 1. The average molecular weight is 264 g/mol. The zero-order valence-corrected chi connectivity index (χ0v) is 11.5. The lowest BCUT2D eigenvalue weighted by Gasteiger charge is -2.14. The molecule has 5 heteroatoms. The van der Waals surface area contributed by atoms with Crippen molar-refractivity contribution in [3.63, 3.8) is 0 Å². The minimum absolute atomic E-state index is 0.335. The van der Waals surface area contributed by atoms with Crippen molar-refractivity contribution >= 4 is 26.5 Å². The van der Waals surface area contributed by atoms with Crippen LogP contribution in [0.15, 0.2) is 41.3 Å². The first-order valence-electron chi connectivity index (χ1n) is 5.60. The summed E-state index contributed by atoms with van der Waals surface area (Å²) in [6, 6.07) is 10.9. The number of nitrogens with zero attached hydrogens (tertiary/aromatic N) is 1. The second-order valence-corrected chi connectivity index (χ2v) is 6.31. The fraction of sp³-hybridized carbons (Fsp3) is 0.231. The quantitative estimate of drug-likeness (QED) is 0.924. The van der Waals surface area contributed by atoms with Gasteiger partial charge in [-0.1, -0.05) is 24.3 Å². The Morgan fingerprint density at radius 2 is 1.61 bits per heavy atom. The molecule has 0 unspecified atom stereocenters. The highest BCUT2D eigenvalue weighted by molar-refractivity contribution is 7.89. The molecule has 0 aliphatic rings. The van der Waals surface area contributed by atoms with E-state index in [1.165, 1.54) is 18.4 Å². The van der Waals surface area contributed by atoms with E-state index in [4.69, 9.17) is 0 Å². The molecule has 18 heavy (non-hydrogen) atoms. The molecule has 0 amide bonds. The first-order valence-corrected chi connectivity index (χ1v) is 7.04. The molecule has 2 rings (SSSR count). The molecule has 0 heterocycles. The van der Waals surface area contributed by atoms with E-state index < -0.39 is 10.0 Å². The number of hydrogen-bond acceptors (Lipinski definition) is 3. The Bertz CT molecular complexity index is 678. The van der Waals surface area contributed by atoms with Crippen molar-refractivity contribution in [3.05, 3.63) is 36.4 Å². The second-order valence-electron chi connectivity index (χ2n) is 4.19. The predicted octanol–water partition coefficient (Wildman–Crippen LogP) is 2.13. The Morgan fingerprint density at radius 1 is 1.00 bits per heavy atom. The number of benzene rings is 2. The standard InChI is InChI=1S/C13H16N2O2S/c1-14-12-8-4-7-11-10(12)6-5-9-13(11)18(16,17)15(2)3/h4-9,14H,1-3H3. The van der Waals surface area contributed by atoms with Crippen LogP contribution < -0.4 is 5.32 Å². The molecule has 0 fully saturated rings. The van der Waals surface area contributed by atoms with Crippen LogP contribution in [0.1, 0.15) is 0 Å². The number of nitrogens with one attached hydrogen (secondary N) is 1. The molecular weight excluding hydrogens is 248 g/mol. The normalized spacial score (nSPS) is 12.0. The van der Waals surface area contributed by atoms with Crippen LogP contribution in [-0.2, 0) is 10.0 Å². The maximum atomic E-state index is 12.3. The first kappa shape index (κ1) is 12.9. The lowest BCUT2D eigenvalue weighted by atomic mass is 10.1. The Morgan fingerprint density at radius 3 is 2.22 bits per heavy atom. The zero-order valence-electron chi connectivity index (χ0n) is 10.6. The largest absolute Gasteiger partial charge is 0.388 e. The van der Waals surface area contributed by atoms with Crippen LogP contribution >= 0.6 is 0 Å². The molecule has 0 atom stereocenters. The summed E-state index contributed by atoms with van der Waals surface area (Å²) >= 11 is 0. The Kier molecular flexibility index (Phi) is 3.28. The van der Waals surface area contributed by atoms with E-state index >= 15 is 0 Å². The van der Waals surface area contributed by atoms with Gasteiger partial charge >= 0.3 is 0 Å². The molecule has 0 saturated heterocycles. The summed E-state index contributed by atoms with van der Waals surface area (Å²) in [7, 11) is 1.47. The molecule has 4 nitrogen and oxygen atoms in total. The highest BCUT2D eigenvalue weighted by atomic mass is 32.2. The fourth-order valence-electron chi connectivity index (χ4n) is 1.92. The van der Waals surface area contributed by atoms with Crippen LogP contribution in [0, 0.1) is 0 Å². The van der Waals surface area contributed by atoms with Gasteiger partial charge in [-0.2, -0.15) is 0 Å². The van der Waals surface area contributed by atoms with Crippen LogP contribution in [0.2, 0.25) is 0 Å². The Labute approximate surface area is 107 Å². The highest BCUT2D eigenvalue weighted by Crippen LogP contribution is 2.29. The summed E-state index contributed by atoms with van der Waals surface area (Å²) in [5.41, 5.74) is 0.920. The molecule has 0 bridgehead atoms. The van der Waals surface area contributed by atoms with Crippen molar-refractivity contribution in [2.45, 2.75) is 4.90 Å². The Balaban J connectivity index is 2.83. The molecular formula is C13H16N2O2S. The smallest absolute Gasteiger partial charge is 0.243 e. The number of sulfonamides is 1. The minimum Gasteiger partial charge on any atom is -0.388 e. The molecule has 0 aromatic heterocycles. The second kappa shape index (κ2) is 4.59. The monoisotopic (exact) mass is 264 g/mol. The molecule has 2 aromatic carbocycles. The zero-order chi connectivity index (χ0) is 13.3. The van der Waals surface area contributed by atoms with Gasteiger partial charge in [0.2, 0.25) is 10.0 Å². The summed E-state index contributed by atoms with van der Waals surface area (Å²) in [5, 5.41) is 4.71. The van der Waals surface area contributed by atoms with Gasteiger partial charge in [0.05, 0.1) is 4.90 Å². The third-order valence-electron chi connectivity index (χ3n) is 2.91. The third kappa shape index (κ3) is 1.95. The molecule has 1 N–H and O–H groups in total. The maximum absolute atomic E-state index is 12.3. The van der Waals surface area contributed by atoms with Gasteiger partial charge in [0.25, 0.3) is 0 Å². The topological polar surface area (TPSA) is 49.4 Å². The van der Waals surface area contributed by atoms with Crippen LogP contribution in [0.3, 0.4) is 0 Å². The van der Waals surface area contributed by atoms with Gasteiger partial charge in [0.15, 0.2) is 0 Å². The average Bonchev–Trinajstić information content (AvgIpc) is 2.36. The maximum Gasteiger partial charge on any atom is 0.243 e. The van der Waals surface area contributed by atoms with Crippen molar-refractivity contribution in [3.8, 4) is 0 Å². The van der Waals surface area contributed by atoms with E-state index in [1.807, 2.05) is 31.3 Å². The molecule has 0 spiro atoms. The van der Waals surface area contributed by atoms with Crippen LogP contribution in [0.5, 0.6) is 0 Å². The van der Waals surface area contributed by atoms with E-state index in [-0.39, 0.29) is 0 Å². The van der Waals surface area contributed by atoms with E-state index in [9.17, 15) is 8.42 Å². The Hall–Kier alpha value is -1.59. The van der Waals surface area contributed by atoms with Gasteiger partial charge in [-0.25, -0.2) is 12.7 Å². The minimum atomic E-state index is -3.42. The van der Waals surface area contributed by atoms with Crippen molar-refractivity contribution in [1.29, 1.82) is 0 Å². The molecule has 0 saturated carbocycles. The number of anilines is 1. The lowest BCUT2D eigenvalue weighted by Crippen LogP contribution is -2.22. The SMILES string of the molecule is CNc1cccc2c(S(=O)(=O)N(C)C)cccc12. The summed E-state index contributed by atoms with van der Waals surface area (Å²) < 4.78 is 25.7. The third-order valence-corrected chi connectivity index (χ3v) is 4.78. The van der Waals surface area contributed by atoms with E-state index in [0.717, 1.165) is 16.5 Å². The summed E-state index contributed by atoms with van der Waals surface area (Å²) in [4.78, 5) is 0.335. The van der Waals surface area contributed by atoms with Crippen molar-refractivity contribution in [2.24, 2.45) is 0 Å². The fourth-order valence-corrected chi connectivity index (χ4v) is 3.02. The van der Waals surface area contributed by atoms with E-state index in [2.05, 4.69) is 5.32 Å². The van der Waals surface area contributed by atoms with Gasteiger partial charge in [0.1, 0.15) is 0 Å². The van der Waals surface area contributed by atoms with Crippen molar-refractivity contribution in [1.82, 2.24) is 4.31 Å². The lowest BCUT2D eigenvalue weighted by molar-refractivity contribution is 0.521. The van der Waals surface area contributed by atoms with Gasteiger partial charge in [0, 0.05) is 37.6 Å². The number of rotatable bonds is 3. The summed E-state index contributed by atoms with van der Waals surface area (Å²) in [6.07, 6.45) is 0. The van der Waals surface area contributed by atoms with Crippen LogP contribution in [-0.4, -0.2) is 33.9 Å². The molecule has 0 radical (unpaired) electrons. The van der Waals surface area contributed by atoms with Gasteiger partial charge in [-0.05, 0) is 12.1 Å². The highest BCUT2D eigenvalue weighted by Gasteiger charge is 2.20.